The normalized spacial score (nSPS) is 12.7. The summed E-state index contributed by atoms with van der Waals surface area (Å²) in [6, 6.07) is 14.3. The predicted molar refractivity (Wildman–Crippen MR) is 76.1 cm³/mol. The molecule has 3 N–H and O–H groups in total. The van der Waals surface area contributed by atoms with Crippen molar-refractivity contribution < 1.29 is 9.52 Å². The zero-order valence-corrected chi connectivity index (χ0v) is 10.8. The molecule has 0 saturated carbocycles. The number of nitrogen functional groups attached to an aromatic ring is 1. The lowest BCUT2D eigenvalue weighted by molar-refractivity contribution is 0.192. The third-order valence-corrected chi connectivity index (χ3v) is 3.33. The molecule has 0 amide bonds. The van der Waals surface area contributed by atoms with Gasteiger partial charge in [0, 0.05) is 11.1 Å². The quantitative estimate of drug-likeness (QED) is 0.699. The Morgan fingerprint density at radius 3 is 2.53 bits per heavy atom. The van der Waals surface area contributed by atoms with Crippen LogP contribution in [0.5, 0.6) is 0 Å². The summed E-state index contributed by atoms with van der Waals surface area (Å²) in [5.41, 5.74) is 7.60. The number of halogens is 1. The molecular formula is C15H12ClNO2. The Balaban J connectivity index is 2.04. The average Bonchev–Trinajstić information content (AvgIpc) is 2.84. The molecule has 4 heteroatoms. The van der Waals surface area contributed by atoms with Crippen LogP contribution in [0.15, 0.2) is 52.9 Å². The molecule has 96 valence electrons. The fourth-order valence-corrected chi connectivity index (χ4v) is 2.25. The van der Waals surface area contributed by atoms with Crippen LogP contribution in [0.25, 0.3) is 11.0 Å². The Morgan fingerprint density at radius 2 is 1.84 bits per heavy atom. The van der Waals surface area contributed by atoms with Gasteiger partial charge in [-0.3, -0.25) is 0 Å². The Morgan fingerprint density at radius 1 is 1.11 bits per heavy atom. The molecule has 0 radical (unpaired) electrons. The van der Waals surface area contributed by atoms with Gasteiger partial charge in [0.25, 0.3) is 0 Å². The van der Waals surface area contributed by atoms with Crippen molar-refractivity contribution in [3.8, 4) is 0 Å². The van der Waals surface area contributed by atoms with E-state index in [-0.39, 0.29) is 0 Å². The zero-order valence-electron chi connectivity index (χ0n) is 10.0. The van der Waals surface area contributed by atoms with Crippen molar-refractivity contribution in [2.75, 3.05) is 5.73 Å². The first-order valence-electron chi connectivity index (χ1n) is 5.86. The highest BCUT2D eigenvalue weighted by molar-refractivity contribution is 6.34. The van der Waals surface area contributed by atoms with Gasteiger partial charge in [-0.25, -0.2) is 0 Å². The second kappa shape index (κ2) is 4.61. The molecule has 0 spiro atoms. The second-order valence-corrected chi connectivity index (χ2v) is 4.78. The van der Waals surface area contributed by atoms with Gasteiger partial charge in [0.05, 0.1) is 5.02 Å². The van der Waals surface area contributed by atoms with Crippen LogP contribution in [0, 0.1) is 0 Å². The fourth-order valence-electron chi connectivity index (χ4n) is 2.02. The van der Waals surface area contributed by atoms with E-state index in [1.807, 2.05) is 12.1 Å². The number of rotatable bonds is 2. The van der Waals surface area contributed by atoms with Crippen LogP contribution in [-0.4, -0.2) is 5.11 Å². The van der Waals surface area contributed by atoms with Gasteiger partial charge >= 0.3 is 0 Å². The highest BCUT2D eigenvalue weighted by Gasteiger charge is 2.16. The Kier molecular flexibility index (Phi) is 2.93. The smallest absolute Gasteiger partial charge is 0.153 e. The van der Waals surface area contributed by atoms with E-state index in [4.69, 9.17) is 21.8 Å². The largest absolute Gasteiger partial charge is 0.456 e. The monoisotopic (exact) mass is 273 g/mol. The van der Waals surface area contributed by atoms with Gasteiger partial charge in [0.2, 0.25) is 0 Å². The van der Waals surface area contributed by atoms with Gasteiger partial charge in [0.15, 0.2) is 5.58 Å². The maximum absolute atomic E-state index is 10.3. The lowest BCUT2D eigenvalue weighted by atomic mass is 10.1. The van der Waals surface area contributed by atoms with Crippen LogP contribution in [0.3, 0.4) is 0 Å². The first kappa shape index (κ1) is 12.1. The van der Waals surface area contributed by atoms with Crippen molar-refractivity contribution in [2.45, 2.75) is 6.10 Å². The molecule has 19 heavy (non-hydrogen) atoms. The molecule has 0 saturated heterocycles. The molecule has 1 heterocycles. The predicted octanol–water partition coefficient (Wildman–Crippen LogP) is 3.75. The Hall–Kier alpha value is -1.97. The number of furan rings is 1. The summed E-state index contributed by atoms with van der Waals surface area (Å²) in [4.78, 5) is 0. The number of aliphatic hydroxyl groups excluding tert-OH is 1. The Bertz CT molecular complexity index is 719. The number of hydrogen-bond donors (Lipinski definition) is 2. The minimum absolute atomic E-state index is 0.466. The molecule has 2 aromatic carbocycles. The number of anilines is 1. The summed E-state index contributed by atoms with van der Waals surface area (Å²) < 4.78 is 5.63. The van der Waals surface area contributed by atoms with Crippen molar-refractivity contribution >= 4 is 28.3 Å². The van der Waals surface area contributed by atoms with Crippen molar-refractivity contribution in [3.05, 3.63) is 64.9 Å². The summed E-state index contributed by atoms with van der Waals surface area (Å²) in [6.07, 6.45) is -0.830. The van der Waals surface area contributed by atoms with Crippen LogP contribution < -0.4 is 5.73 Å². The van der Waals surface area contributed by atoms with Crippen LogP contribution in [0.2, 0.25) is 5.02 Å². The maximum Gasteiger partial charge on any atom is 0.153 e. The second-order valence-electron chi connectivity index (χ2n) is 4.38. The maximum atomic E-state index is 10.3. The molecule has 1 atom stereocenters. The standard InChI is InChI=1S/C15H12ClNO2/c16-12-3-1-2-10-8-13(19-15(10)12)14(18)9-4-6-11(17)7-5-9/h1-8,14,18H,17H2. The van der Waals surface area contributed by atoms with E-state index in [2.05, 4.69) is 0 Å². The fraction of sp³-hybridized carbons (Fsp3) is 0.0667. The van der Waals surface area contributed by atoms with E-state index in [1.165, 1.54) is 0 Å². The highest BCUT2D eigenvalue weighted by Crippen LogP contribution is 2.31. The van der Waals surface area contributed by atoms with E-state index >= 15 is 0 Å². The highest BCUT2D eigenvalue weighted by atomic mass is 35.5. The van der Waals surface area contributed by atoms with Gasteiger partial charge in [-0.2, -0.15) is 0 Å². The van der Waals surface area contributed by atoms with E-state index in [0.717, 1.165) is 10.9 Å². The van der Waals surface area contributed by atoms with Crippen molar-refractivity contribution in [1.29, 1.82) is 0 Å². The van der Waals surface area contributed by atoms with Crippen LogP contribution in [0.4, 0.5) is 5.69 Å². The zero-order chi connectivity index (χ0) is 13.4. The molecule has 0 aliphatic carbocycles. The summed E-state index contributed by atoms with van der Waals surface area (Å²) in [7, 11) is 0. The molecule has 3 nitrogen and oxygen atoms in total. The van der Waals surface area contributed by atoms with Gasteiger partial charge in [0.1, 0.15) is 11.9 Å². The number of nitrogens with two attached hydrogens (primary N) is 1. The van der Waals surface area contributed by atoms with Crippen LogP contribution >= 0.6 is 11.6 Å². The number of benzene rings is 2. The van der Waals surface area contributed by atoms with Crippen molar-refractivity contribution in [1.82, 2.24) is 0 Å². The molecule has 0 fully saturated rings. The SMILES string of the molecule is Nc1ccc(C(O)c2cc3cccc(Cl)c3o2)cc1. The molecule has 3 rings (SSSR count). The summed E-state index contributed by atoms with van der Waals surface area (Å²) in [6.45, 7) is 0. The number of hydrogen-bond acceptors (Lipinski definition) is 3. The summed E-state index contributed by atoms with van der Waals surface area (Å²) >= 11 is 6.05. The van der Waals surface area contributed by atoms with Gasteiger partial charge in [-0.15, -0.1) is 0 Å². The third kappa shape index (κ3) is 2.18. The van der Waals surface area contributed by atoms with E-state index in [0.29, 0.717) is 22.1 Å². The van der Waals surface area contributed by atoms with E-state index < -0.39 is 6.10 Å². The topological polar surface area (TPSA) is 59.4 Å². The van der Waals surface area contributed by atoms with E-state index in [9.17, 15) is 5.11 Å². The summed E-state index contributed by atoms with van der Waals surface area (Å²) in [5, 5.41) is 11.7. The summed E-state index contributed by atoms with van der Waals surface area (Å²) in [5.74, 6) is 0.466. The van der Waals surface area contributed by atoms with Crippen molar-refractivity contribution in [2.24, 2.45) is 0 Å². The van der Waals surface area contributed by atoms with Crippen LogP contribution in [-0.2, 0) is 0 Å². The number of para-hydroxylation sites is 1. The number of fused-ring (bicyclic) bond motifs is 1. The molecule has 0 bridgehead atoms. The third-order valence-electron chi connectivity index (χ3n) is 3.04. The minimum atomic E-state index is -0.830. The van der Waals surface area contributed by atoms with Gasteiger partial charge in [-0.1, -0.05) is 35.9 Å². The number of aliphatic hydroxyl groups is 1. The molecule has 0 aliphatic rings. The molecule has 0 aliphatic heterocycles. The van der Waals surface area contributed by atoms with Crippen LogP contribution in [0.1, 0.15) is 17.4 Å². The van der Waals surface area contributed by atoms with E-state index in [1.54, 1.807) is 36.4 Å². The first-order chi connectivity index (χ1) is 9.15. The van der Waals surface area contributed by atoms with Gasteiger partial charge < -0.3 is 15.3 Å². The van der Waals surface area contributed by atoms with Gasteiger partial charge in [-0.05, 0) is 29.8 Å². The first-order valence-corrected chi connectivity index (χ1v) is 6.24. The Labute approximate surface area is 115 Å². The molecule has 1 unspecified atom stereocenters. The van der Waals surface area contributed by atoms with Crippen molar-refractivity contribution in [3.63, 3.8) is 0 Å². The molecule has 1 aromatic heterocycles. The minimum Gasteiger partial charge on any atom is -0.456 e. The molecular weight excluding hydrogens is 262 g/mol. The average molecular weight is 274 g/mol. The lowest BCUT2D eigenvalue weighted by Crippen LogP contribution is -1.98. The lowest BCUT2D eigenvalue weighted by Gasteiger charge is -2.07. The molecule has 3 aromatic rings.